The molecule has 2 aliphatic rings. The number of hydrogen-bond donors (Lipinski definition) is 1. The van der Waals surface area contributed by atoms with Gasteiger partial charge in [-0.1, -0.05) is 30.0 Å². The molecule has 1 aliphatic carbocycles. The van der Waals surface area contributed by atoms with Gasteiger partial charge in [0.15, 0.2) is 11.0 Å². The summed E-state index contributed by atoms with van der Waals surface area (Å²) in [5.74, 6) is 0.672. The van der Waals surface area contributed by atoms with Crippen LogP contribution in [0.1, 0.15) is 23.1 Å². The molecule has 1 fully saturated rings. The normalized spacial score (nSPS) is 17.4. The van der Waals surface area contributed by atoms with E-state index in [1.807, 2.05) is 37.3 Å². The number of aliphatic imine (C=N–C) groups is 1. The second kappa shape index (κ2) is 12.3. The third kappa shape index (κ3) is 6.80. The average Bonchev–Trinajstić information content (AvgIpc) is 3.63. The summed E-state index contributed by atoms with van der Waals surface area (Å²) in [7, 11) is 1.53. The van der Waals surface area contributed by atoms with Gasteiger partial charge in [0.25, 0.3) is 0 Å². The lowest BCUT2D eigenvalue weighted by Crippen LogP contribution is -2.38. The largest absolute Gasteiger partial charge is 0.573 e. The summed E-state index contributed by atoms with van der Waals surface area (Å²) in [5.41, 5.74) is 5.02. The fourth-order valence-electron chi connectivity index (χ4n) is 5.29. The van der Waals surface area contributed by atoms with E-state index >= 15 is 0 Å². The number of fused-ring (bicyclic) bond motifs is 1. The van der Waals surface area contributed by atoms with E-state index in [4.69, 9.17) is 4.74 Å². The van der Waals surface area contributed by atoms with Crippen molar-refractivity contribution in [1.29, 1.82) is 0 Å². The van der Waals surface area contributed by atoms with Crippen molar-refractivity contribution in [2.24, 2.45) is 4.99 Å². The van der Waals surface area contributed by atoms with E-state index < -0.39 is 12.4 Å². The van der Waals surface area contributed by atoms with Crippen LogP contribution in [0.25, 0.3) is 17.1 Å². The fourth-order valence-corrected chi connectivity index (χ4v) is 6.15. The molecule has 232 valence electrons. The minimum Gasteiger partial charge on any atom is -0.495 e. The molecule has 0 bridgehead atoms. The summed E-state index contributed by atoms with van der Waals surface area (Å²) in [5, 5.41) is 7.78. The van der Waals surface area contributed by atoms with Gasteiger partial charge in [0.2, 0.25) is 5.91 Å². The van der Waals surface area contributed by atoms with Crippen LogP contribution < -0.4 is 19.7 Å². The van der Waals surface area contributed by atoms with Gasteiger partial charge >= 0.3 is 12.4 Å². The molecule has 1 unspecified atom stereocenters. The summed E-state index contributed by atoms with van der Waals surface area (Å²) < 4.78 is 48.2. The van der Waals surface area contributed by atoms with Gasteiger partial charge < -0.3 is 14.8 Å². The fraction of sp³-hybridized carbons (Fsp3) is 0.258. The summed E-state index contributed by atoms with van der Waals surface area (Å²) in [6.45, 7) is 1.91. The van der Waals surface area contributed by atoms with E-state index in [9.17, 15) is 22.8 Å². The van der Waals surface area contributed by atoms with Crippen LogP contribution in [0.4, 0.5) is 23.7 Å². The number of alkyl halides is 3. The summed E-state index contributed by atoms with van der Waals surface area (Å²) in [6, 6.07) is 16.1. The average molecular weight is 637 g/mol. The number of methoxy groups -OCH3 is 1. The van der Waals surface area contributed by atoms with E-state index in [1.54, 1.807) is 6.07 Å². The first-order valence-corrected chi connectivity index (χ1v) is 14.9. The SMILES string of the molecule is COc1ccc(C)cc1N1C(=O)CSC1=NC(=O)NC1CCc2cc(-c3ncn(-c4ccc(OC(F)(F)F)cc4)n3)ccc2C1. The maximum absolute atomic E-state index is 13.0. The molecule has 1 atom stereocenters. The highest BCUT2D eigenvalue weighted by atomic mass is 32.2. The third-order valence-electron chi connectivity index (χ3n) is 7.39. The Hall–Kier alpha value is -4.85. The van der Waals surface area contributed by atoms with Crippen LogP contribution in [-0.4, -0.2) is 57.1 Å². The first kappa shape index (κ1) is 30.2. The number of halogens is 3. The van der Waals surface area contributed by atoms with Gasteiger partial charge in [-0.2, -0.15) is 4.99 Å². The first-order chi connectivity index (χ1) is 21.6. The molecule has 1 aromatic heterocycles. The quantitative estimate of drug-likeness (QED) is 0.283. The van der Waals surface area contributed by atoms with Crippen LogP contribution >= 0.6 is 11.8 Å². The molecular formula is C31H27F3N6O4S. The summed E-state index contributed by atoms with van der Waals surface area (Å²) >= 11 is 1.21. The maximum Gasteiger partial charge on any atom is 0.573 e. The van der Waals surface area contributed by atoms with Crippen molar-refractivity contribution in [3.8, 4) is 28.6 Å². The van der Waals surface area contributed by atoms with Crippen LogP contribution in [0.5, 0.6) is 11.5 Å². The van der Waals surface area contributed by atoms with Crippen molar-refractivity contribution in [2.45, 2.75) is 38.6 Å². The van der Waals surface area contributed by atoms with Gasteiger partial charge in [-0.05, 0) is 85.3 Å². The Labute approximate surface area is 260 Å². The van der Waals surface area contributed by atoms with E-state index in [-0.39, 0.29) is 23.5 Å². The Balaban J connectivity index is 1.11. The van der Waals surface area contributed by atoms with Gasteiger partial charge in [0.05, 0.1) is 24.2 Å². The lowest BCUT2D eigenvalue weighted by Gasteiger charge is -2.25. The number of carbonyl (C=O) groups excluding carboxylic acids is 2. The second-order valence-electron chi connectivity index (χ2n) is 10.5. The number of aromatic nitrogens is 3. The lowest BCUT2D eigenvalue weighted by molar-refractivity contribution is -0.274. The number of amidine groups is 1. The van der Waals surface area contributed by atoms with Crippen LogP contribution in [0.15, 0.2) is 72.0 Å². The Morgan fingerprint density at radius 3 is 2.64 bits per heavy atom. The predicted molar refractivity (Wildman–Crippen MR) is 163 cm³/mol. The van der Waals surface area contributed by atoms with Crippen LogP contribution in [0.2, 0.25) is 0 Å². The number of ether oxygens (including phenoxy) is 2. The zero-order valence-electron chi connectivity index (χ0n) is 24.2. The highest BCUT2D eigenvalue weighted by Crippen LogP contribution is 2.35. The van der Waals surface area contributed by atoms with Gasteiger partial charge in [0, 0.05) is 11.6 Å². The minimum absolute atomic E-state index is 0.133. The zero-order valence-corrected chi connectivity index (χ0v) is 25.0. The van der Waals surface area contributed by atoms with Crippen molar-refractivity contribution in [3.63, 3.8) is 0 Å². The molecule has 45 heavy (non-hydrogen) atoms. The second-order valence-corrected chi connectivity index (χ2v) is 11.5. The Bertz CT molecular complexity index is 1790. The molecule has 1 aliphatic heterocycles. The van der Waals surface area contributed by atoms with E-state index in [0.717, 1.165) is 22.3 Å². The highest BCUT2D eigenvalue weighted by molar-refractivity contribution is 8.15. The molecule has 6 rings (SSSR count). The number of aryl methyl sites for hydroxylation is 2. The molecule has 2 heterocycles. The van der Waals surface area contributed by atoms with E-state index in [0.29, 0.717) is 47.4 Å². The van der Waals surface area contributed by atoms with Crippen molar-refractivity contribution in [1.82, 2.24) is 20.1 Å². The minimum atomic E-state index is -4.76. The number of anilines is 1. The first-order valence-electron chi connectivity index (χ1n) is 14.0. The molecule has 0 radical (unpaired) electrons. The van der Waals surface area contributed by atoms with E-state index in [1.165, 1.54) is 59.0 Å². The third-order valence-corrected chi connectivity index (χ3v) is 8.31. The topological polar surface area (TPSA) is 111 Å². The van der Waals surface area contributed by atoms with Crippen LogP contribution in [-0.2, 0) is 17.6 Å². The molecule has 1 N–H and O–H groups in total. The summed E-state index contributed by atoms with van der Waals surface area (Å²) in [6.07, 6.45) is -1.24. The Kier molecular flexibility index (Phi) is 8.23. The molecule has 1 saturated heterocycles. The number of benzene rings is 3. The molecule has 10 nitrogen and oxygen atoms in total. The number of amides is 3. The molecule has 0 spiro atoms. The Morgan fingerprint density at radius 1 is 1.09 bits per heavy atom. The number of urea groups is 1. The van der Waals surface area contributed by atoms with Crippen molar-refractivity contribution < 1.29 is 32.2 Å². The number of nitrogens with one attached hydrogen (secondary N) is 1. The number of thioether (sulfide) groups is 1. The highest BCUT2D eigenvalue weighted by Gasteiger charge is 2.33. The van der Waals surface area contributed by atoms with E-state index in [2.05, 4.69) is 25.1 Å². The molecule has 14 heteroatoms. The van der Waals surface area contributed by atoms with Crippen molar-refractivity contribution in [2.75, 3.05) is 17.8 Å². The lowest BCUT2D eigenvalue weighted by atomic mass is 9.87. The number of rotatable bonds is 6. The number of carbonyl (C=O) groups is 2. The number of hydrogen-bond acceptors (Lipinski definition) is 7. The molecule has 3 amide bonds. The number of nitrogens with zero attached hydrogens (tertiary/aromatic N) is 5. The predicted octanol–water partition coefficient (Wildman–Crippen LogP) is 5.85. The standard InChI is InChI=1S/C31H27F3N6O4S/c1-18-3-12-26(43-2)25(13-18)40-27(41)16-45-30(40)37-29(42)36-22-7-6-19-14-21(5-4-20(19)15-22)28-35-17-39(38-28)23-8-10-24(11-9-23)44-31(32,33)34/h3-5,8-14,17,22H,6-7,15-16H2,1-2H3,(H,36,42). The van der Waals surface area contributed by atoms with Crippen LogP contribution in [0.3, 0.4) is 0 Å². The van der Waals surface area contributed by atoms with Gasteiger partial charge in [-0.15, -0.1) is 18.3 Å². The Morgan fingerprint density at radius 2 is 1.89 bits per heavy atom. The van der Waals surface area contributed by atoms with Gasteiger partial charge in [-0.3, -0.25) is 9.69 Å². The van der Waals surface area contributed by atoms with Gasteiger partial charge in [0.1, 0.15) is 17.8 Å². The molecule has 4 aromatic rings. The molecule has 3 aromatic carbocycles. The van der Waals surface area contributed by atoms with Crippen LogP contribution in [0, 0.1) is 6.92 Å². The van der Waals surface area contributed by atoms with Crippen molar-refractivity contribution >= 4 is 34.6 Å². The smallest absolute Gasteiger partial charge is 0.495 e. The molecule has 0 saturated carbocycles. The molecular weight excluding hydrogens is 609 g/mol. The monoisotopic (exact) mass is 636 g/mol. The van der Waals surface area contributed by atoms with Crippen molar-refractivity contribution in [3.05, 3.63) is 83.7 Å². The summed E-state index contributed by atoms with van der Waals surface area (Å²) in [4.78, 5) is 35.7. The van der Waals surface area contributed by atoms with Gasteiger partial charge in [-0.25, -0.2) is 14.5 Å². The zero-order chi connectivity index (χ0) is 31.7. The maximum atomic E-state index is 13.0.